The third-order valence-electron chi connectivity index (χ3n) is 3.74. The second kappa shape index (κ2) is 6.26. The average molecular weight is 317 g/mol. The molecule has 1 saturated heterocycles. The summed E-state index contributed by atoms with van der Waals surface area (Å²) in [5, 5.41) is 9.05. The number of aliphatic hydroxyl groups excluding tert-OH is 1. The van der Waals surface area contributed by atoms with Crippen molar-refractivity contribution in [3.8, 4) is 16.9 Å². The summed E-state index contributed by atoms with van der Waals surface area (Å²) < 4.78 is 24.5. The van der Waals surface area contributed by atoms with Crippen molar-refractivity contribution in [2.24, 2.45) is 0 Å². The zero-order valence-corrected chi connectivity index (χ0v) is 12.5. The lowest BCUT2D eigenvalue weighted by molar-refractivity contribution is 0.0963. The topological polar surface area (TPSA) is 59.0 Å². The Kier molecular flexibility index (Phi) is 4.16. The molecule has 2 aromatic carbocycles. The van der Waals surface area contributed by atoms with Crippen molar-refractivity contribution >= 4 is 11.8 Å². The Bertz CT molecular complexity index is 717. The first kappa shape index (κ1) is 15.3. The van der Waals surface area contributed by atoms with Gasteiger partial charge >= 0.3 is 6.09 Å². The van der Waals surface area contributed by atoms with Crippen LogP contribution in [-0.4, -0.2) is 37.6 Å². The first-order chi connectivity index (χ1) is 11.1. The predicted octanol–water partition coefficient (Wildman–Crippen LogP) is 2.82. The van der Waals surface area contributed by atoms with Crippen molar-refractivity contribution in [2.45, 2.75) is 6.10 Å². The standard InChI is InChI=1S/C17H16FNO4/c1-22-13-5-2-11(3-6-13)15-7-4-12(8-16(15)18)19-9-14(10-20)23-17(19)21/h2-8,14,20H,9-10H2,1H3/t14-/m1/s1. The number of hydrogen-bond donors (Lipinski definition) is 1. The molecule has 1 heterocycles. The minimum Gasteiger partial charge on any atom is -0.497 e. The smallest absolute Gasteiger partial charge is 0.414 e. The van der Waals surface area contributed by atoms with Crippen LogP contribution in [0.4, 0.5) is 14.9 Å². The second-order valence-electron chi connectivity index (χ2n) is 5.19. The molecule has 0 saturated carbocycles. The summed E-state index contributed by atoms with van der Waals surface area (Å²) in [7, 11) is 1.57. The average Bonchev–Trinajstić information content (AvgIpc) is 2.96. The molecular formula is C17H16FNO4. The molecule has 0 bridgehead atoms. The molecule has 3 rings (SSSR count). The molecule has 1 aliphatic rings. The highest BCUT2D eigenvalue weighted by atomic mass is 19.1. The first-order valence-electron chi connectivity index (χ1n) is 7.15. The summed E-state index contributed by atoms with van der Waals surface area (Å²) in [6.45, 7) is -0.0503. The van der Waals surface area contributed by atoms with E-state index in [1.165, 1.54) is 11.0 Å². The molecule has 120 valence electrons. The lowest BCUT2D eigenvalue weighted by Crippen LogP contribution is -2.25. The molecule has 1 aliphatic heterocycles. The fraction of sp³-hybridized carbons (Fsp3) is 0.235. The van der Waals surface area contributed by atoms with Gasteiger partial charge in [-0.2, -0.15) is 0 Å². The minimum absolute atomic E-state index is 0.205. The van der Waals surface area contributed by atoms with Crippen LogP contribution in [0.5, 0.6) is 5.75 Å². The number of nitrogens with zero attached hydrogens (tertiary/aromatic N) is 1. The Hall–Kier alpha value is -2.60. The lowest BCUT2D eigenvalue weighted by atomic mass is 10.0. The molecule has 1 fully saturated rings. The molecular weight excluding hydrogens is 301 g/mol. The molecule has 23 heavy (non-hydrogen) atoms. The summed E-state index contributed by atoms with van der Waals surface area (Å²) in [6, 6.07) is 11.6. The van der Waals surface area contributed by atoms with Gasteiger partial charge in [0.2, 0.25) is 0 Å². The van der Waals surface area contributed by atoms with Gasteiger partial charge in [0, 0.05) is 5.56 Å². The Balaban J connectivity index is 1.87. The summed E-state index contributed by atoms with van der Waals surface area (Å²) >= 11 is 0. The van der Waals surface area contributed by atoms with Crippen LogP contribution in [0, 0.1) is 5.82 Å². The van der Waals surface area contributed by atoms with Gasteiger partial charge in [0.15, 0.2) is 0 Å². The molecule has 0 radical (unpaired) electrons. The molecule has 1 atom stereocenters. The van der Waals surface area contributed by atoms with Crippen LogP contribution in [0.2, 0.25) is 0 Å². The van der Waals surface area contributed by atoms with Gasteiger partial charge in [0.05, 0.1) is 25.9 Å². The van der Waals surface area contributed by atoms with Crippen molar-refractivity contribution < 1.29 is 23.8 Å². The van der Waals surface area contributed by atoms with E-state index < -0.39 is 18.0 Å². The van der Waals surface area contributed by atoms with Crippen LogP contribution in [0.15, 0.2) is 42.5 Å². The third-order valence-corrected chi connectivity index (χ3v) is 3.74. The van der Waals surface area contributed by atoms with Crippen LogP contribution in [0.25, 0.3) is 11.1 Å². The van der Waals surface area contributed by atoms with E-state index in [0.717, 1.165) is 0 Å². The number of rotatable bonds is 4. The molecule has 6 heteroatoms. The van der Waals surface area contributed by atoms with Crippen LogP contribution < -0.4 is 9.64 Å². The van der Waals surface area contributed by atoms with E-state index in [9.17, 15) is 9.18 Å². The van der Waals surface area contributed by atoms with Gasteiger partial charge in [0.1, 0.15) is 17.7 Å². The quantitative estimate of drug-likeness (QED) is 0.942. The summed E-state index contributed by atoms with van der Waals surface area (Å²) in [5.74, 6) is 0.258. The molecule has 5 nitrogen and oxygen atoms in total. The van der Waals surface area contributed by atoms with E-state index in [1.54, 1.807) is 43.5 Å². The van der Waals surface area contributed by atoms with Crippen LogP contribution in [0.1, 0.15) is 0 Å². The highest BCUT2D eigenvalue weighted by Crippen LogP contribution is 2.29. The Morgan fingerprint density at radius 1 is 1.30 bits per heavy atom. The second-order valence-corrected chi connectivity index (χ2v) is 5.19. The minimum atomic E-state index is -0.583. The highest BCUT2D eigenvalue weighted by molar-refractivity contribution is 5.90. The molecule has 0 spiro atoms. The fourth-order valence-electron chi connectivity index (χ4n) is 2.50. The molecule has 1 amide bonds. The van der Waals surface area contributed by atoms with Gasteiger partial charge in [0.25, 0.3) is 0 Å². The molecule has 0 aromatic heterocycles. The van der Waals surface area contributed by atoms with Gasteiger partial charge in [-0.25, -0.2) is 9.18 Å². The van der Waals surface area contributed by atoms with Gasteiger partial charge < -0.3 is 14.6 Å². The van der Waals surface area contributed by atoms with Gasteiger partial charge in [-0.15, -0.1) is 0 Å². The number of anilines is 1. The van der Waals surface area contributed by atoms with Crippen LogP contribution in [-0.2, 0) is 4.74 Å². The maximum atomic E-state index is 14.4. The Labute approximate surface area is 132 Å². The van der Waals surface area contributed by atoms with E-state index >= 15 is 0 Å². The van der Waals surface area contributed by atoms with E-state index in [-0.39, 0.29) is 13.2 Å². The van der Waals surface area contributed by atoms with E-state index in [4.69, 9.17) is 14.6 Å². The van der Waals surface area contributed by atoms with E-state index in [2.05, 4.69) is 0 Å². The van der Waals surface area contributed by atoms with Gasteiger partial charge in [-0.05, 0) is 35.9 Å². The number of methoxy groups -OCH3 is 1. The Morgan fingerprint density at radius 2 is 2.04 bits per heavy atom. The number of carbonyl (C=O) groups excluding carboxylic acids is 1. The zero-order valence-electron chi connectivity index (χ0n) is 12.5. The van der Waals surface area contributed by atoms with Crippen molar-refractivity contribution in [3.63, 3.8) is 0 Å². The van der Waals surface area contributed by atoms with Crippen molar-refractivity contribution in [3.05, 3.63) is 48.3 Å². The third kappa shape index (κ3) is 2.98. The SMILES string of the molecule is COc1ccc(-c2ccc(N3C[C@H](CO)OC3=O)cc2F)cc1. The molecule has 2 aromatic rings. The number of amides is 1. The van der Waals surface area contributed by atoms with Crippen LogP contribution in [0.3, 0.4) is 0 Å². The number of benzene rings is 2. The molecule has 0 aliphatic carbocycles. The number of aliphatic hydroxyl groups is 1. The van der Waals surface area contributed by atoms with E-state index in [0.29, 0.717) is 22.6 Å². The Morgan fingerprint density at radius 3 is 2.61 bits per heavy atom. The zero-order chi connectivity index (χ0) is 16.4. The largest absolute Gasteiger partial charge is 0.497 e. The normalized spacial score (nSPS) is 17.3. The molecule has 0 unspecified atom stereocenters. The first-order valence-corrected chi connectivity index (χ1v) is 7.15. The maximum absolute atomic E-state index is 14.4. The summed E-state index contributed by atoms with van der Waals surface area (Å²) in [5.41, 5.74) is 1.55. The monoisotopic (exact) mass is 317 g/mol. The van der Waals surface area contributed by atoms with Crippen molar-refractivity contribution in [2.75, 3.05) is 25.2 Å². The summed E-state index contributed by atoms with van der Waals surface area (Å²) in [6.07, 6.45) is -1.16. The number of halogens is 1. The number of carbonyl (C=O) groups is 1. The number of hydrogen-bond acceptors (Lipinski definition) is 4. The summed E-state index contributed by atoms with van der Waals surface area (Å²) in [4.78, 5) is 13.0. The van der Waals surface area contributed by atoms with E-state index in [1.807, 2.05) is 0 Å². The lowest BCUT2D eigenvalue weighted by Gasteiger charge is -2.14. The maximum Gasteiger partial charge on any atom is 0.414 e. The van der Waals surface area contributed by atoms with Crippen molar-refractivity contribution in [1.82, 2.24) is 0 Å². The van der Waals surface area contributed by atoms with Gasteiger partial charge in [-0.3, -0.25) is 4.90 Å². The van der Waals surface area contributed by atoms with Gasteiger partial charge in [-0.1, -0.05) is 12.1 Å². The van der Waals surface area contributed by atoms with Crippen LogP contribution >= 0.6 is 0 Å². The highest BCUT2D eigenvalue weighted by Gasteiger charge is 2.32. The predicted molar refractivity (Wildman–Crippen MR) is 83.1 cm³/mol. The number of cyclic esters (lactones) is 1. The van der Waals surface area contributed by atoms with Crippen molar-refractivity contribution in [1.29, 1.82) is 0 Å². The fourth-order valence-corrected chi connectivity index (χ4v) is 2.50. The molecule has 1 N–H and O–H groups in total. The number of ether oxygens (including phenoxy) is 2.